The van der Waals surface area contributed by atoms with Gasteiger partial charge in [-0.05, 0) is 42.4 Å². The van der Waals surface area contributed by atoms with Crippen molar-refractivity contribution >= 4 is 5.97 Å². The lowest BCUT2D eigenvalue weighted by Crippen LogP contribution is -2.19. The van der Waals surface area contributed by atoms with Gasteiger partial charge in [0, 0.05) is 6.42 Å². The van der Waals surface area contributed by atoms with E-state index in [2.05, 4.69) is 48.5 Å². The van der Waals surface area contributed by atoms with E-state index in [4.69, 9.17) is 4.74 Å². The van der Waals surface area contributed by atoms with Crippen LogP contribution in [-0.2, 0) is 9.53 Å². The summed E-state index contributed by atoms with van der Waals surface area (Å²) in [7, 11) is 0. The molecular formula is C24H48O2. The van der Waals surface area contributed by atoms with Crippen LogP contribution in [0.5, 0.6) is 0 Å². The lowest BCUT2D eigenvalue weighted by Gasteiger charge is -2.21. The summed E-state index contributed by atoms with van der Waals surface area (Å²) in [4.78, 5) is 12.0. The molecule has 0 aliphatic rings. The summed E-state index contributed by atoms with van der Waals surface area (Å²) in [6.07, 6.45) is 13.1. The molecule has 0 amide bonds. The van der Waals surface area contributed by atoms with Crippen LogP contribution in [0.3, 0.4) is 0 Å². The molecule has 2 heteroatoms. The van der Waals surface area contributed by atoms with Gasteiger partial charge in [0.1, 0.15) is 0 Å². The van der Waals surface area contributed by atoms with Crippen molar-refractivity contribution in [2.75, 3.05) is 6.61 Å². The molecule has 1 unspecified atom stereocenters. The number of carbonyl (C=O) groups is 1. The predicted molar refractivity (Wildman–Crippen MR) is 114 cm³/mol. The second kappa shape index (κ2) is 14.5. The first-order chi connectivity index (χ1) is 12.1. The number of carbonyl (C=O) groups excluding carboxylic acids is 1. The highest BCUT2D eigenvalue weighted by atomic mass is 16.5. The van der Waals surface area contributed by atoms with Crippen molar-refractivity contribution in [3.8, 4) is 0 Å². The van der Waals surface area contributed by atoms with E-state index in [1.807, 2.05) is 0 Å². The molecule has 0 saturated carbocycles. The van der Waals surface area contributed by atoms with Gasteiger partial charge >= 0.3 is 5.97 Å². The van der Waals surface area contributed by atoms with Crippen LogP contribution in [-0.4, -0.2) is 12.6 Å². The van der Waals surface area contributed by atoms with Crippen LogP contribution < -0.4 is 0 Å². The Labute approximate surface area is 164 Å². The van der Waals surface area contributed by atoms with Gasteiger partial charge in [0.15, 0.2) is 0 Å². The molecule has 0 rings (SSSR count). The number of esters is 1. The number of hydrogen-bond acceptors (Lipinski definition) is 2. The average molecular weight is 369 g/mol. The number of hydrogen-bond donors (Lipinski definition) is 0. The Hall–Kier alpha value is -0.530. The number of unbranched alkanes of at least 4 members (excludes halogenated alkanes) is 6. The Balaban J connectivity index is 3.61. The number of rotatable bonds is 15. The van der Waals surface area contributed by atoms with Gasteiger partial charge in [-0.25, -0.2) is 0 Å². The minimum absolute atomic E-state index is 0.00498. The third-order valence-corrected chi connectivity index (χ3v) is 5.32. The summed E-state index contributed by atoms with van der Waals surface area (Å²) in [6, 6.07) is 0. The summed E-state index contributed by atoms with van der Waals surface area (Å²) in [6.45, 7) is 16.6. The monoisotopic (exact) mass is 368 g/mol. The minimum Gasteiger partial charge on any atom is -0.465 e. The summed E-state index contributed by atoms with van der Waals surface area (Å²) in [5.41, 5.74) is 0.476. The molecule has 0 saturated heterocycles. The molecule has 0 aromatic rings. The molecule has 0 heterocycles. The molecule has 0 fully saturated rings. The molecule has 26 heavy (non-hydrogen) atoms. The van der Waals surface area contributed by atoms with E-state index in [9.17, 15) is 4.79 Å². The largest absolute Gasteiger partial charge is 0.465 e. The van der Waals surface area contributed by atoms with Crippen LogP contribution in [0.2, 0.25) is 0 Å². The van der Waals surface area contributed by atoms with Crippen LogP contribution in [0, 0.1) is 23.2 Å². The van der Waals surface area contributed by atoms with Crippen LogP contribution in [0.25, 0.3) is 0 Å². The van der Waals surface area contributed by atoms with Gasteiger partial charge in [-0.3, -0.25) is 4.79 Å². The molecule has 2 nitrogen and oxygen atoms in total. The molecular weight excluding hydrogens is 320 g/mol. The molecule has 0 spiro atoms. The molecule has 0 aliphatic carbocycles. The van der Waals surface area contributed by atoms with E-state index < -0.39 is 0 Å². The molecule has 156 valence electrons. The average Bonchev–Trinajstić information content (AvgIpc) is 2.51. The van der Waals surface area contributed by atoms with E-state index in [1.165, 1.54) is 44.9 Å². The van der Waals surface area contributed by atoms with E-state index in [-0.39, 0.29) is 5.97 Å². The van der Waals surface area contributed by atoms with Gasteiger partial charge in [-0.2, -0.15) is 0 Å². The normalized spacial score (nSPS) is 13.4. The fourth-order valence-corrected chi connectivity index (χ4v) is 3.24. The maximum Gasteiger partial charge on any atom is 0.305 e. The Morgan fingerprint density at radius 1 is 0.808 bits per heavy atom. The Bertz CT molecular complexity index is 339. The van der Waals surface area contributed by atoms with Crippen LogP contribution in [0.4, 0.5) is 0 Å². The molecule has 0 radical (unpaired) electrons. The second-order valence-corrected chi connectivity index (χ2v) is 10.2. The molecule has 0 bridgehead atoms. The van der Waals surface area contributed by atoms with Crippen LogP contribution in [0.15, 0.2) is 0 Å². The van der Waals surface area contributed by atoms with Gasteiger partial charge in [-0.1, -0.05) is 93.4 Å². The van der Waals surface area contributed by atoms with Crippen molar-refractivity contribution in [3.05, 3.63) is 0 Å². The zero-order valence-corrected chi connectivity index (χ0v) is 19.0. The SMILES string of the molecule is CC(C)CCC(COC(=O)CCCCCCCCCC(C)(C)C)C(C)C. The Morgan fingerprint density at radius 3 is 1.85 bits per heavy atom. The zero-order chi connectivity index (χ0) is 20.0. The van der Waals surface area contributed by atoms with Gasteiger partial charge < -0.3 is 4.74 Å². The minimum atomic E-state index is 0.00498. The Kier molecular flexibility index (Phi) is 14.2. The van der Waals surface area contributed by atoms with Crippen molar-refractivity contribution in [2.45, 2.75) is 119 Å². The smallest absolute Gasteiger partial charge is 0.305 e. The third-order valence-electron chi connectivity index (χ3n) is 5.32. The summed E-state index contributed by atoms with van der Waals surface area (Å²) in [5, 5.41) is 0. The van der Waals surface area contributed by atoms with Crippen molar-refractivity contribution in [1.82, 2.24) is 0 Å². The first-order valence-corrected chi connectivity index (χ1v) is 11.3. The van der Waals surface area contributed by atoms with Crippen molar-refractivity contribution in [2.24, 2.45) is 23.2 Å². The lowest BCUT2D eigenvalue weighted by molar-refractivity contribution is -0.145. The van der Waals surface area contributed by atoms with Gasteiger partial charge in [-0.15, -0.1) is 0 Å². The van der Waals surface area contributed by atoms with E-state index in [0.717, 1.165) is 25.2 Å². The highest BCUT2D eigenvalue weighted by Gasteiger charge is 2.16. The van der Waals surface area contributed by atoms with Gasteiger partial charge in [0.2, 0.25) is 0 Å². The van der Waals surface area contributed by atoms with Gasteiger partial charge in [0.05, 0.1) is 6.61 Å². The molecule has 0 N–H and O–H groups in total. The van der Waals surface area contributed by atoms with Crippen molar-refractivity contribution < 1.29 is 9.53 Å². The maximum absolute atomic E-state index is 12.0. The quantitative estimate of drug-likeness (QED) is 0.218. The van der Waals surface area contributed by atoms with E-state index in [1.54, 1.807) is 0 Å². The fourth-order valence-electron chi connectivity index (χ4n) is 3.24. The van der Waals surface area contributed by atoms with E-state index >= 15 is 0 Å². The second-order valence-electron chi connectivity index (χ2n) is 10.2. The highest BCUT2D eigenvalue weighted by Crippen LogP contribution is 2.23. The molecule has 0 aromatic heterocycles. The standard InChI is InChI=1S/C24H48O2/c1-20(2)16-17-22(21(3)4)19-26-23(25)15-13-11-9-8-10-12-14-18-24(5,6)7/h20-22H,8-19H2,1-7H3. The Morgan fingerprint density at radius 2 is 1.35 bits per heavy atom. The van der Waals surface area contributed by atoms with Gasteiger partial charge in [0.25, 0.3) is 0 Å². The van der Waals surface area contributed by atoms with Crippen LogP contribution >= 0.6 is 0 Å². The highest BCUT2D eigenvalue weighted by molar-refractivity contribution is 5.69. The first kappa shape index (κ1) is 25.5. The fraction of sp³-hybridized carbons (Fsp3) is 0.958. The predicted octanol–water partition coefficient (Wildman–Crippen LogP) is 7.80. The summed E-state index contributed by atoms with van der Waals surface area (Å²) in [5.74, 6) is 1.82. The van der Waals surface area contributed by atoms with Crippen molar-refractivity contribution in [1.29, 1.82) is 0 Å². The zero-order valence-electron chi connectivity index (χ0n) is 19.0. The number of ether oxygens (including phenoxy) is 1. The van der Waals surface area contributed by atoms with E-state index in [0.29, 0.717) is 30.3 Å². The third kappa shape index (κ3) is 16.9. The summed E-state index contributed by atoms with van der Waals surface area (Å²) < 4.78 is 5.55. The summed E-state index contributed by atoms with van der Waals surface area (Å²) >= 11 is 0. The molecule has 1 atom stereocenters. The molecule has 0 aliphatic heterocycles. The van der Waals surface area contributed by atoms with Crippen molar-refractivity contribution in [3.63, 3.8) is 0 Å². The first-order valence-electron chi connectivity index (χ1n) is 11.3. The van der Waals surface area contributed by atoms with Crippen LogP contribution in [0.1, 0.15) is 119 Å². The lowest BCUT2D eigenvalue weighted by atomic mass is 9.89. The topological polar surface area (TPSA) is 26.3 Å². The maximum atomic E-state index is 12.0. The molecule has 0 aromatic carbocycles.